The first kappa shape index (κ1) is 16.3. The number of hydrogen-bond donors (Lipinski definition) is 1. The van der Waals surface area contributed by atoms with Crippen molar-refractivity contribution >= 4 is 17.6 Å². The molecule has 0 aliphatic carbocycles. The molecule has 0 unspecified atom stereocenters. The van der Waals surface area contributed by atoms with Gasteiger partial charge in [0.25, 0.3) is 5.91 Å². The number of nitrogens with zero attached hydrogens (tertiary/aromatic N) is 1. The fourth-order valence-corrected chi connectivity index (χ4v) is 2.19. The van der Waals surface area contributed by atoms with E-state index < -0.39 is 5.97 Å². The van der Waals surface area contributed by atoms with Crippen LogP contribution < -0.4 is 10.2 Å². The van der Waals surface area contributed by atoms with Gasteiger partial charge in [0.2, 0.25) is 0 Å². The Balaban J connectivity index is 1.73. The van der Waals surface area contributed by atoms with Crippen molar-refractivity contribution in [1.29, 1.82) is 0 Å². The maximum Gasteiger partial charge on any atom is 0.338 e. The van der Waals surface area contributed by atoms with E-state index in [-0.39, 0.29) is 18.6 Å². The molecule has 0 spiro atoms. The fourth-order valence-electron chi connectivity index (χ4n) is 2.19. The van der Waals surface area contributed by atoms with Crippen molar-refractivity contribution in [3.05, 3.63) is 29.8 Å². The van der Waals surface area contributed by atoms with Gasteiger partial charge in [-0.2, -0.15) is 0 Å². The molecule has 1 aromatic rings. The Labute approximate surface area is 130 Å². The standard InChI is InChI=1S/C16H22N2O4/c1-18(2)13-7-5-12(6-8-13)16(20)22-11-15(19)17-10-14-4-3-9-21-14/h5-8,14H,3-4,9-11H2,1-2H3,(H,17,19)/t14-/m0/s1. The largest absolute Gasteiger partial charge is 0.452 e. The van der Waals surface area contributed by atoms with Gasteiger partial charge in [-0.3, -0.25) is 4.79 Å². The van der Waals surface area contributed by atoms with Gasteiger partial charge in [-0.25, -0.2) is 4.79 Å². The highest BCUT2D eigenvalue weighted by Crippen LogP contribution is 2.13. The predicted molar refractivity (Wildman–Crippen MR) is 83.0 cm³/mol. The SMILES string of the molecule is CN(C)c1ccc(C(=O)OCC(=O)NC[C@@H]2CCCO2)cc1. The minimum absolute atomic E-state index is 0.0817. The van der Waals surface area contributed by atoms with E-state index in [9.17, 15) is 9.59 Å². The highest BCUT2D eigenvalue weighted by molar-refractivity contribution is 5.91. The van der Waals surface area contributed by atoms with E-state index in [0.717, 1.165) is 25.1 Å². The van der Waals surface area contributed by atoms with Crippen LogP contribution in [0.25, 0.3) is 0 Å². The summed E-state index contributed by atoms with van der Waals surface area (Å²) in [7, 11) is 3.84. The molecule has 0 bridgehead atoms. The summed E-state index contributed by atoms with van der Waals surface area (Å²) < 4.78 is 10.4. The summed E-state index contributed by atoms with van der Waals surface area (Å²) in [5, 5.41) is 2.71. The van der Waals surface area contributed by atoms with Gasteiger partial charge in [-0.15, -0.1) is 0 Å². The molecule has 1 saturated heterocycles. The lowest BCUT2D eigenvalue weighted by molar-refractivity contribution is -0.124. The summed E-state index contributed by atoms with van der Waals surface area (Å²) in [6.07, 6.45) is 2.06. The average molecular weight is 306 g/mol. The third-order valence-corrected chi connectivity index (χ3v) is 3.50. The normalized spacial score (nSPS) is 17.1. The van der Waals surface area contributed by atoms with Gasteiger partial charge in [0.1, 0.15) is 0 Å². The molecule has 1 heterocycles. The minimum atomic E-state index is -0.502. The van der Waals surface area contributed by atoms with E-state index in [1.165, 1.54) is 0 Å². The Morgan fingerprint density at radius 3 is 2.64 bits per heavy atom. The zero-order valence-corrected chi connectivity index (χ0v) is 13.0. The Hall–Kier alpha value is -2.08. The lowest BCUT2D eigenvalue weighted by atomic mass is 10.2. The number of carbonyl (C=O) groups is 2. The molecule has 1 aromatic carbocycles. The first-order valence-corrected chi connectivity index (χ1v) is 7.39. The molecule has 1 aliphatic heterocycles. The summed E-state index contributed by atoms with van der Waals surface area (Å²) in [4.78, 5) is 25.4. The lowest BCUT2D eigenvalue weighted by Crippen LogP contribution is -2.34. The second-order valence-corrected chi connectivity index (χ2v) is 5.46. The summed E-state index contributed by atoms with van der Waals surface area (Å²) in [5.41, 5.74) is 1.42. The van der Waals surface area contributed by atoms with Crippen molar-refractivity contribution in [2.75, 3.05) is 38.8 Å². The van der Waals surface area contributed by atoms with E-state index in [4.69, 9.17) is 9.47 Å². The zero-order valence-electron chi connectivity index (χ0n) is 13.0. The Morgan fingerprint density at radius 1 is 1.32 bits per heavy atom. The highest BCUT2D eigenvalue weighted by atomic mass is 16.5. The molecule has 1 atom stereocenters. The van der Waals surface area contributed by atoms with Crippen LogP contribution in [-0.4, -0.2) is 51.8 Å². The van der Waals surface area contributed by atoms with Crippen molar-refractivity contribution in [2.24, 2.45) is 0 Å². The Morgan fingerprint density at radius 2 is 2.05 bits per heavy atom. The third-order valence-electron chi connectivity index (χ3n) is 3.50. The quantitative estimate of drug-likeness (QED) is 0.800. The van der Waals surface area contributed by atoms with Crippen molar-refractivity contribution in [2.45, 2.75) is 18.9 Å². The van der Waals surface area contributed by atoms with Crippen LogP contribution in [0.3, 0.4) is 0 Å². The minimum Gasteiger partial charge on any atom is -0.452 e. The van der Waals surface area contributed by atoms with Gasteiger partial charge in [-0.1, -0.05) is 0 Å². The zero-order chi connectivity index (χ0) is 15.9. The maximum atomic E-state index is 11.9. The molecule has 1 amide bonds. The van der Waals surface area contributed by atoms with Crippen molar-refractivity contribution in [3.63, 3.8) is 0 Å². The van der Waals surface area contributed by atoms with Crippen LogP contribution in [0.15, 0.2) is 24.3 Å². The number of nitrogens with one attached hydrogen (secondary N) is 1. The van der Waals surface area contributed by atoms with Gasteiger partial charge in [0.15, 0.2) is 6.61 Å². The molecule has 1 fully saturated rings. The van der Waals surface area contributed by atoms with E-state index in [0.29, 0.717) is 12.1 Å². The maximum absolute atomic E-state index is 11.9. The van der Waals surface area contributed by atoms with Crippen molar-refractivity contribution < 1.29 is 19.1 Å². The number of esters is 1. The molecular formula is C16H22N2O4. The highest BCUT2D eigenvalue weighted by Gasteiger charge is 2.17. The van der Waals surface area contributed by atoms with E-state index in [2.05, 4.69) is 5.32 Å². The molecule has 6 nitrogen and oxygen atoms in total. The molecule has 6 heteroatoms. The van der Waals surface area contributed by atoms with Gasteiger partial charge in [0, 0.05) is 32.9 Å². The molecule has 2 rings (SSSR count). The Kier molecular flexibility index (Phi) is 5.77. The molecule has 1 aliphatic rings. The average Bonchev–Trinajstić information content (AvgIpc) is 3.04. The number of amides is 1. The fraction of sp³-hybridized carbons (Fsp3) is 0.500. The van der Waals surface area contributed by atoms with Gasteiger partial charge >= 0.3 is 5.97 Å². The number of ether oxygens (including phenoxy) is 2. The summed E-state index contributed by atoms with van der Waals surface area (Å²) in [5.74, 6) is -0.814. The lowest BCUT2D eigenvalue weighted by Gasteiger charge is -2.13. The van der Waals surface area contributed by atoms with Crippen LogP contribution in [0.1, 0.15) is 23.2 Å². The molecule has 22 heavy (non-hydrogen) atoms. The topological polar surface area (TPSA) is 67.9 Å². The molecule has 0 aromatic heterocycles. The number of anilines is 1. The Bertz CT molecular complexity index is 507. The van der Waals surface area contributed by atoms with E-state index in [1.54, 1.807) is 12.1 Å². The number of benzene rings is 1. The molecule has 0 saturated carbocycles. The van der Waals surface area contributed by atoms with Crippen LogP contribution in [0.4, 0.5) is 5.69 Å². The van der Waals surface area contributed by atoms with E-state index in [1.807, 2.05) is 31.1 Å². The monoisotopic (exact) mass is 306 g/mol. The first-order chi connectivity index (χ1) is 10.6. The molecular weight excluding hydrogens is 284 g/mol. The number of rotatable bonds is 6. The van der Waals surface area contributed by atoms with Crippen molar-refractivity contribution in [1.82, 2.24) is 5.32 Å². The number of carbonyl (C=O) groups excluding carboxylic acids is 2. The summed E-state index contributed by atoms with van der Waals surface area (Å²) in [6, 6.07) is 7.02. The van der Waals surface area contributed by atoms with Crippen LogP contribution in [0.5, 0.6) is 0 Å². The summed E-state index contributed by atoms with van der Waals surface area (Å²) in [6.45, 7) is 0.938. The third kappa shape index (κ3) is 4.73. The van der Waals surface area contributed by atoms with Gasteiger partial charge in [0.05, 0.1) is 11.7 Å². The van der Waals surface area contributed by atoms with Crippen LogP contribution in [0, 0.1) is 0 Å². The van der Waals surface area contributed by atoms with Crippen LogP contribution in [0.2, 0.25) is 0 Å². The first-order valence-electron chi connectivity index (χ1n) is 7.39. The van der Waals surface area contributed by atoms with Gasteiger partial charge in [-0.05, 0) is 37.1 Å². The predicted octanol–water partition coefficient (Wildman–Crippen LogP) is 1.20. The van der Waals surface area contributed by atoms with Crippen LogP contribution >= 0.6 is 0 Å². The molecule has 0 radical (unpaired) electrons. The summed E-state index contributed by atoms with van der Waals surface area (Å²) >= 11 is 0. The smallest absolute Gasteiger partial charge is 0.338 e. The molecule has 1 N–H and O–H groups in total. The molecule has 120 valence electrons. The van der Waals surface area contributed by atoms with Crippen molar-refractivity contribution in [3.8, 4) is 0 Å². The second-order valence-electron chi connectivity index (χ2n) is 5.46. The number of hydrogen-bond acceptors (Lipinski definition) is 5. The second kappa shape index (κ2) is 7.79. The van der Waals surface area contributed by atoms with Gasteiger partial charge < -0.3 is 19.7 Å². The van der Waals surface area contributed by atoms with Crippen LogP contribution in [-0.2, 0) is 14.3 Å². The van der Waals surface area contributed by atoms with E-state index >= 15 is 0 Å².